The summed E-state index contributed by atoms with van der Waals surface area (Å²) in [4.78, 5) is 13.8. The van der Waals surface area contributed by atoms with Crippen molar-refractivity contribution in [1.29, 1.82) is 10.9 Å². The summed E-state index contributed by atoms with van der Waals surface area (Å²) in [6, 6.07) is 14.1. The molecule has 4 N–H and O–H groups in total. The Hall–Kier alpha value is -3.10. The van der Waals surface area contributed by atoms with Crippen LogP contribution in [0.2, 0.25) is 0 Å². The van der Waals surface area contributed by atoms with Crippen molar-refractivity contribution in [2.45, 2.75) is 25.1 Å². The van der Waals surface area contributed by atoms with Gasteiger partial charge in [0, 0.05) is 18.8 Å². The molecule has 2 unspecified atom stereocenters. The number of ether oxygens (including phenoxy) is 1. The summed E-state index contributed by atoms with van der Waals surface area (Å²) < 4.78 is 5.23. The average molecular weight is 393 g/mol. The van der Waals surface area contributed by atoms with Gasteiger partial charge in [0.15, 0.2) is 0 Å². The van der Waals surface area contributed by atoms with Gasteiger partial charge in [-0.25, -0.2) is 10.3 Å². The molecule has 0 radical (unpaired) electrons. The van der Waals surface area contributed by atoms with Crippen LogP contribution in [-0.2, 0) is 17.7 Å². The van der Waals surface area contributed by atoms with E-state index < -0.39 is 6.10 Å². The molecule has 8 heteroatoms. The van der Waals surface area contributed by atoms with E-state index in [0.29, 0.717) is 25.2 Å². The topological polar surface area (TPSA) is 122 Å². The summed E-state index contributed by atoms with van der Waals surface area (Å²) >= 11 is 0. The molecule has 2 aliphatic heterocycles. The second-order valence-corrected chi connectivity index (χ2v) is 7.31. The van der Waals surface area contributed by atoms with E-state index in [1.165, 1.54) is 0 Å². The lowest BCUT2D eigenvalue weighted by Gasteiger charge is -2.14. The minimum absolute atomic E-state index is 0.132. The number of nitrogens with one attached hydrogen (secondary N) is 3. The fourth-order valence-electron chi connectivity index (χ4n) is 3.94. The van der Waals surface area contributed by atoms with Gasteiger partial charge in [0.25, 0.3) is 0 Å². The fraction of sp³-hybridized carbons (Fsp3) is 0.333. The van der Waals surface area contributed by atoms with Crippen LogP contribution in [0, 0.1) is 10.9 Å². The van der Waals surface area contributed by atoms with E-state index >= 15 is 0 Å². The molecule has 8 nitrogen and oxygen atoms in total. The van der Waals surface area contributed by atoms with Crippen molar-refractivity contribution in [1.82, 2.24) is 5.32 Å². The molecular formula is C21H23N5O3. The summed E-state index contributed by atoms with van der Waals surface area (Å²) in [6.07, 6.45) is -0.179. The zero-order valence-electron chi connectivity index (χ0n) is 15.9. The third kappa shape index (κ3) is 3.76. The molecule has 2 aliphatic rings. The van der Waals surface area contributed by atoms with Crippen LogP contribution in [0.4, 0.5) is 10.5 Å². The van der Waals surface area contributed by atoms with Crippen LogP contribution >= 0.6 is 0 Å². The number of cyclic esters (lactones) is 1. The minimum Gasteiger partial charge on any atom is -0.441 e. The van der Waals surface area contributed by atoms with Gasteiger partial charge in [-0.3, -0.25) is 4.90 Å². The second kappa shape index (κ2) is 8.10. The lowest BCUT2D eigenvalue weighted by Crippen LogP contribution is -2.34. The number of anilines is 1. The van der Waals surface area contributed by atoms with Gasteiger partial charge >= 0.3 is 6.09 Å². The number of nitrogens with zero attached hydrogens (tertiary/aromatic N) is 2. The quantitative estimate of drug-likeness (QED) is 0.407. The van der Waals surface area contributed by atoms with Crippen molar-refractivity contribution in [3.8, 4) is 11.1 Å². The van der Waals surface area contributed by atoms with Crippen LogP contribution in [0.15, 0.2) is 47.6 Å². The van der Waals surface area contributed by atoms with E-state index in [2.05, 4.69) is 28.6 Å². The summed E-state index contributed by atoms with van der Waals surface area (Å²) in [5, 5.41) is 23.5. The van der Waals surface area contributed by atoms with Gasteiger partial charge < -0.3 is 20.6 Å². The first-order chi connectivity index (χ1) is 14.1. The van der Waals surface area contributed by atoms with Gasteiger partial charge in [-0.2, -0.15) is 5.11 Å². The highest BCUT2D eigenvalue weighted by Crippen LogP contribution is 2.40. The first-order valence-electron chi connectivity index (χ1n) is 9.54. The zero-order chi connectivity index (χ0) is 20.4. The number of aliphatic hydroxyl groups excluding tert-OH is 1. The molecule has 2 atom stereocenters. The number of carbonyl (C=O) groups is 1. The highest BCUT2D eigenvalue weighted by atomic mass is 16.6. The third-order valence-electron chi connectivity index (χ3n) is 5.38. The Kier molecular flexibility index (Phi) is 5.37. The van der Waals surface area contributed by atoms with Gasteiger partial charge in [0.1, 0.15) is 6.10 Å². The van der Waals surface area contributed by atoms with Gasteiger partial charge in [-0.15, -0.1) is 0 Å². The molecule has 0 bridgehead atoms. The Bertz CT molecular complexity index is 944. The largest absolute Gasteiger partial charge is 0.441 e. The molecule has 2 aromatic carbocycles. The summed E-state index contributed by atoms with van der Waals surface area (Å²) in [6.45, 7) is 1.04. The average Bonchev–Trinajstić information content (AvgIpc) is 3.25. The number of hydrogen-bond donors (Lipinski definition) is 4. The molecule has 1 saturated heterocycles. The molecule has 0 saturated carbocycles. The molecule has 4 rings (SSSR count). The summed E-state index contributed by atoms with van der Waals surface area (Å²) in [7, 11) is 0. The Labute approximate surface area is 168 Å². The van der Waals surface area contributed by atoms with Crippen LogP contribution in [0.25, 0.3) is 11.1 Å². The van der Waals surface area contributed by atoms with E-state index in [0.717, 1.165) is 27.9 Å². The fourth-order valence-corrected chi connectivity index (χ4v) is 3.94. The molecule has 0 spiro atoms. The SMILES string of the molecule is N=NCC(=N)CNCc1ccc(-c2ccc3c(c2)CC2C(CO)OC(=O)N32)cc1. The number of aliphatic hydroxyl groups is 1. The molecule has 29 heavy (non-hydrogen) atoms. The van der Waals surface area contributed by atoms with Crippen molar-refractivity contribution in [3.05, 3.63) is 53.6 Å². The summed E-state index contributed by atoms with van der Waals surface area (Å²) in [5.41, 5.74) is 12.4. The maximum Gasteiger partial charge on any atom is 0.415 e. The Morgan fingerprint density at radius 3 is 2.72 bits per heavy atom. The molecule has 1 amide bonds. The Morgan fingerprint density at radius 1 is 1.24 bits per heavy atom. The van der Waals surface area contributed by atoms with Crippen molar-refractivity contribution in [2.75, 3.05) is 24.6 Å². The molecule has 2 aromatic rings. The standard InChI is InChI=1S/C21H23N5O3/c22-17(11-25-23)10-24-9-13-1-3-14(4-2-13)15-5-6-18-16(7-15)8-19-20(12-27)29-21(28)26(18)19/h1-7,19-20,22-24,27H,8-12H2. The maximum atomic E-state index is 12.1. The van der Waals surface area contributed by atoms with Crippen LogP contribution < -0.4 is 10.2 Å². The van der Waals surface area contributed by atoms with Gasteiger partial charge in [0.2, 0.25) is 0 Å². The highest BCUT2D eigenvalue weighted by molar-refractivity contribution is 5.94. The number of rotatable bonds is 8. The first-order valence-corrected chi connectivity index (χ1v) is 9.54. The smallest absolute Gasteiger partial charge is 0.415 e. The van der Waals surface area contributed by atoms with E-state index in [4.69, 9.17) is 15.7 Å². The monoisotopic (exact) mass is 393 g/mol. The van der Waals surface area contributed by atoms with Gasteiger partial charge in [0.05, 0.1) is 24.9 Å². The molecule has 150 valence electrons. The van der Waals surface area contributed by atoms with Crippen molar-refractivity contribution in [3.63, 3.8) is 0 Å². The number of fused-ring (bicyclic) bond motifs is 3. The molecule has 0 aliphatic carbocycles. The lowest BCUT2D eigenvalue weighted by atomic mass is 9.99. The number of benzene rings is 2. The molecule has 2 heterocycles. The van der Waals surface area contributed by atoms with Crippen LogP contribution in [-0.4, -0.2) is 48.8 Å². The van der Waals surface area contributed by atoms with E-state index in [1.807, 2.05) is 24.3 Å². The van der Waals surface area contributed by atoms with E-state index in [-0.39, 0.29) is 25.3 Å². The summed E-state index contributed by atoms with van der Waals surface area (Å²) in [5.74, 6) is 0. The first kappa shape index (κ1) is 19.2. The molecule has 1 fully saturated rings. The van der Waals surface area contributed by atoms with Gasteiger partial charge in [-0.1, -0.05) is 30.3 Å². The Morgan fingerprint density at radius 2 is 2.00 bits per heavy atom. The minimum atomic E-state index is -0.471. The maximum absolute atomic E-state index is 12.1. The Balaban J connectivity index is 1.44. The van der Waals surface area contributed by atoms with Crippen molar-refractivity contribution in [2.24, 2.45) is 5.11 Å². The third-order valence-corrected chi connectivity index (χ3v) is 5.38. The van der Waals surface area contributed by atoms with Crippen LogP contribution in [0.3, 0.4) is 0 Å². The van der Waals surface area contributed by atoms with Crippen molar-refractivity contribution < 1.29 is 14.6 Å². The van der Waals surface area contributed by atoms with E-state index in [1.54, 1.807) is 4.90 Å². The van der Waals surface area contributed by atoms with Gasteiger partial charge in [-0.05, 0) is 40.8 Å². The normalized spacial score (nSPS) is 19.6. The predicted molar refractivity (Wildman–Crippen MR) is 109 cm³/mol. The molecule has 0 aromatic heterocycles. The van der Waals surface area contributed by atoms with Crippen LogP contribution in [0.5, 0.6) is 0 Å². The number of amides is 1. The predicted octanol–water partition coefficient (Wildman–Crippen LogP) is 2.74. The number of hydrogen-bond acceptors (Lipinski definition) is 7. The van der Waals surface area contributed by atoms with Crippen LogP contribution in [0.1, 0.15) is 11.1 Å². The van der Waals surface area contributed by atoms with E-state index in [9.17, 15) is 9.90 Å². The molecular weight excluding hydrogens is 370 g/mol. The highest BCUT2D eigenvalue weighted by Gasteiger charge is 2.47. The zero-order valence-corrected chi connectivity index (χ0v) is 15.9. The second-order valence-electron chi connectivity index (χ2n) is 7.31. The lowest BCUT2D eigenvalue weighted by molar-refractivity contribution is 0.0830. The van der Waals surface area contributed by atoms with Crippen molar-refractivity contribution >= 4 is 17.5 Å². The number of carbonyl (C=O) groups excluding carboxylic acids is 1.